The van der Waals surface area contributed by atoms with E-state index in [9.17, 15) is 9.90 Å². The molecular weight excluding hydrogens is 292 g/mol. The molecule has 1 atom stereocenters. The lowest BCUT2D eigenvalue weighted by Gasteiger charge is -2.08. The maximum absolute atomic E-state index is 11.1. The van der Waals surface area contributed by atoms with Crippen LogP contribution in [0.4, 0.5) is 0 Å². The minimum Gasteiger partial charge on any atom is -0.394 e. The summed E-state index contributed by atoms with van der Waals surface area (Å²) in [6, 6.07) is 5.34. The number of aliphatic hydroxyl groups excluding tert-OH is 2. The van der Waals surface area contributed by atoms with Crippen molar-refractivity contribution in [2.24, 2.45) is 0 Å². The van der Waals surface area contributed by atoms with Gasteiger partial charge in [-0.15, -0.1) is 11.8 Å². The van der Waals surface area contributed by atoms with E-state index in [1.807, 2.05) is 6.07 Å². The Bertz CT molecular complexity index is 381. The topological polar surface area (TPSA) is 57.5 Å². The summed E-state index contributed by atoms with van der Waals surface area (Å²) in [6.07, 6.45) is -0.718. The number of Topliss-reactive ketones (excluding diaryl/α,β-unsaturated/α-hetero) is 1. The summed E-state index contributed by atoms with van der Waals surface area (Å²) in [5, 5.41) is 17.9. The molecule has 0 amide bonds. The average Bonchev–Trinajstić information content (AvgIpc) is 2.26. The molecule has 0 spiro atoms. The van der Waals surface area contributed by atoms with Gasteiger partial charge < -0.3 is 10.2 Å². The Balaban J connectivity index is 2.72. The molecule has 0 saturated carbocycles. The Hall–Kier alpha value is -0.360. The molecule has 0 aliphatic heterocycles. The van der Waals surface area contributed by atoms with Gasteiger partial charge in [0, 0.05) is 20.7 Å². The van der Waals surface area contributed by atoms with Crippen LogP contribution in [0.1, 0.15) is 17.3 Å². The minimum absolute atomic E-state index is 0.0210. The van der Waals surface area contributed by atoms with Gasteiger partial charge in [0.15, 0.2) is 5.78 Å². The van der Waals surface area contributed by atoms with Crippen LogP contribution in [-0.2, 0) is 0 Å². The summed E-state index contributed by atoms with van der Waals surface area (Å²) in [4.78, 5) is 12.1. The zero-order valence-electron chi connectivity index (χ0n) is 8.81. The highest BCUT2D eigenvalue weighted by atomic mass is 79.9. The van der Waals surface area contributed by atoms with Crippen molar-refractivity contribution >= 4 is 33.5 Å². The number of ketones is 1. The summed E-state index contributed by atoms with van der Waals surface area (Å²) in [7, 11) is 0. The molecule has 1 aromatic carbocycles. The molecule has 0 aromatic heterocycles. The molecular formula is C11H13BrO3S. The fraction of sp³-hybridized carbons (Fsp3) is 0.364. The fourth-order valence-corrected chi connectivity index (χ4v) is 2.64. The fourth-order valence-electron chi connectivity index (χ4n) is 1.08. The maximum Gasteiger partial charge on any atom is 0.159 e. The normalized spacial score (nSPS) is 12.5. The highest BCUT2D eigenvalue weighted by molar-refractivity contribution is 9.10. The van der Waals surface area contributed by atoms with Crippen LogP contribution in [0.2, 0.25) is 0 Å². The van der Waals surface area contributed by atoms with Gasteiger partial charge in [0.05, 0.1) is 12.7 Å². The van der Waals surface area contributed by atoms with Gasteiger partial charge in [0.2, 0.25) is 0 Å². The quantitative estimate of drug-likeness (QED) is 0.646. The molecule has 0 saturated heterocycles. The number of hydrogen-bond donors (Lipinski definition) is 2. The monoisotopic (exact) mass is 304 g/mol. The van der Waals surface area contributed by atoms with E-state index in [4.69, 9.17) is 5.11 Å². The molecule has 3 nitrogen and oxygen atoms in total. The molecule has 2 N–H and O–H groups in total. The Morgan fingerprint density at radius 2 is 2.25 bits per heavy atom. The predicted octanol–water partition coefficient (Wildman–Crippen LogP) is 2.10. The number of halogens is 1. The summed E-state index contributed by atoms with van der Waals surface area (Å²) >= 11 is 4.80. The first-order valence-corrected chi connectivity index (χ1v) is 6.54. The van der Waals surface area contributed by atoms with Crippen LogP contribution < -0.4 is 0 Å². The number of aliphatic hydroxyl groups is 2. The van der Waals surface area contributed by atoms with Crippen molar-refractivity contribution in [3.8, 4) is 0 Å². The van der Waals surface area contributed by atoms with Gasteiger partial charge in [-0.3, -0.25) is 4.79 Å². The number of carbonyl (C=O) groups is 1. The van der Waals surface area contributed by atoms with Crippen LogP contribution >= 0.6 is 27.7 Å². The maximum atomic E-state index is 11.1. The molecule has 0 aliphatic rings. The molecule has 16 heavy (non-hydrogen) atoms. The zero-order valence-corrected chi connectivity index (χ0v) is 11.2. The third-order valence-electron chi connectivity index (χ3n) is 1.98. The molecule has 0 aliphatic carbocycles. The number of thioether (sulfide) groups is 1. The van der Waals surface area contributed by atoms with Crippen molar-refractivity contribution in [3.63, 3.8) is 0 Å². The van der Waals surface area contributed by atoms with Gasteiger partial charge in [-0.1, -0.05) is 6.07 Å². The Labute approximate surface area is 107 Å². The third kappa shape index (κ3) is 3.90. The zero-order chi connectivity index (χ0) is 12.1. The number of carbonyl (C=O) groups excluding carboxylic acids is 1. The van der Waals surface area contributed by atoms with Crippen LogP contribution in [0, 0.1) is 0 Å². The SMILES string of the molecule is CC(=O)c1ccc(SCC(O)CO)c(Br)c1. The Morgan fingerprint density at radius 3 is 2.75 bits per heavy atom. The standard InChI is InChI=1S/C11H13BrO3S/c1-7(14)8-2-3-11(10(12)4-8)16-6-9(15)5-13/h2-4,9,13,15H,5-6H2,1H3. The van der Waals surface area contributed by atoms with Gasteiger partial charge in [-0.05, 0) is 35.0 Å². The van der Waals surface area contributed by atoms with Crippen LogP contribution in [0.3, 0.4) is 0 Å². The summed E-state index contributed by atoms with van der Waals surface area (Å²) in [5.74, 6) is 0.446. The number of hydrogen-bond acceptors (Lipinski definition) is 4. The van der Waals surface area contributed by atoms with Gasteiger partial charge in [0.1, 0.15) is 0 Å². The van der Waals surface area contributed by atoms with E-state index in [2.05, 4.69) is 15.9 Å². The van der Waals surface area contributed by atoms with E-state index in [1.165, 1.54) is 18.7 Å². The second kappa shape index (κ2) is 6.39. The molecule has 0 bridgehead atoms. The van der Waals surface area contributed by atoms with E-state index in [1.54, 1.807) is 12.1 Å². The lowest BCUT2D eigenvalue weighted by atomic mass is 10.2. The van der Waals surface area contributed by atoms with Crippen LogP contribution in [0.25, 0.3) is 0 Å². The summed E-state index contributed by atoms with van der Waals surface area (Å²) in [6.45, 7) is 1.28. The van der Waals surface area contributed by atoms with Crippen molar-refractivity contribution in [2.75, 3.05) is 12.4 Å². The highest BCUT2D eigenvalue weighted by Gasteiger charge is 2.08. The van der Waals surface area contributed by atoms with E-state index in [0.717, 1.165) is 9.37 Å². The minimum atomic E-state index is -0.718. The first kappa shape index (κ1) is 13.7. The van der Waals surface area contributed by atoms with Gasteiger partial charge in [0.25, 0.3) is 0 Å². The molecule has 1 aromatic rings. The van der Waals surface area contributed by atoms with Crippen molar-refractivity contribution in [2.45, 2.75) is 17.9 Å². The second-order valence-corrected chi connectivity index (χ2v) is 5.26. The van der Waals surface area contributed by atoms with Gasteiger partial charge >= 0.3 is 0 Å². The third-order valence-corrected chi connectivity index (χ3v) is 4.12. The molecule has 0 fully saturated rings. The van der Waals surface area contributed by atoms with E-state index >= 15 is 0 Å². The molecule has 1 unspecified atom stereocenters. The van der Waals surface area contributed by atoms with Gasteiger partial charge in [-0.2, -0.15) is 0 Å². The van der Waals surface area contributed by atoms with Crippen LogP contribution in [0.15, 0.2) is 27.6 Å². The smallest absolute Gasteiger partial charge is 0.159 e. The van der Waals surface area contributed by atoms with Crippen LogP contribution in [-0.4, -0.2) is 34.5 Å². The van der Waals surface area contributed by atoms with E-state index in [-0.39, 0.29) is 12.4 Å². The molecule has 1 rings (SSSR count). The van der Waals surface area contributed by atoms with Crippen LogP contribution in [0.5, 0.6) is 0 Å². The second-order valence-electron chi connectivity index (χ2n) is 3.35. The lowest BCUT2D eigenvalue weighted by Crippen LogP contribution is -2.14. The van der Waals surface area contributed by atoms with E-state index < -0.39 is 6.10 Å². The van der Waals surface area contributed by atoms with Crippen molar-refractivity contribution in [1.29, 1.82) is 0 Å². The molecule has 88 valence electrons. The molecule has 0 heterocycles. The van der Waals surface area contributed by atoms with Gasteiger partial charge in [-0.25, -0.2) is 0 Å². The Kier molecular flexibility index (Phi) is 5.48. The number of benzene rings is 1. The molecule has 0 radical (unpaired) electrons. The highest BCUT2D eigenvalue weighted by Crippen LogP contribution is 2.29. The first-order chi connectivity index (χ1) is 7.54. The number of rotatable bonds is 5. The first-order valence-electron chi connectivity index (χ1n) is 4.76. The Morgan fingerprint density at radius 1 is 1.56 bits per heavy atom. The van der Waals surface area contributed by atoms with E-state index in [0.29, 0.717) is 11.3 Å². The van der Waals surface area contributed by atoms with Crippen molar-refractivity contribution in [1.82, 2.24) is 0 Å². The summed E-state index contributed by atoms with van der Waals surface area (Å²) < 4.78 is 0.829. The molecule has 5 heteroatoms. The van der Waals surface area contributed by atoms with Crippen molar-refractivity contribution in [3.05, 3.63) is 28.2 Å². The average molecular weight is 305 g/mol. The largest absolute Gasteiger partial charge is 0.394 e. The predicted molar refractivity (Wildman–Crippen MR) is 68.0 cm³/mol. The lowest BCUT2D eigenvalue weighted by molar-refractivity contribution is 0.101. The summed E-state index contributed by atoms with van der Waals surface area (Å²) in [5.41, 5.74) is 0.652. The van der Waals surface area contributed by atoms with Crippen molar-refractivity contribution < 1.29 is 15.0 Å².